The summed E-state index contributed by atoms with van der Waals surface area (Å²) in [4.78, 5) is 22.1. The second-order valence-electron chi connectivity index (χ2n) is 3.32. The van der Waals surface area contributed by atoms with Crippen LogP contribution in [0.1, 0.15) is 16.6 Å². The van der Waals surface area contributed by atoms with E-state index in [1.54, 1.807) is 18.2 Å². The molecule has 2 rings (SSSR count). The summed E-state index contributed by atoms with van der Waals surface area (Å²) in [6, 6.07) is 6.97. The van der Waals surface area contributed by atoms with Crippen molar-refractivity contribution in [3.63, 3.8) is 0 Å². The SMILES string of the molecule is CC(=O)Nc1cccc2cc(C(=O)O)sc12. The fourth-order valence-electron chi connectivity index (χ4n) is 1.46. The molecule has 0 saturated carbocycles. The second kappa shape index (κ2) is 3.94. The van der Waals surface area contributed by atoms with E-state index in [9.17, 15) is 9.59 Å². The third-order valence-electron chi connectivity index (χ3n) is 2.07. The smallest absolute Gasteiger partial charge is 0.345 e. The highest BCUT2D eigenvalue weighted by Gasteiger charge is 2.11. The van der Waals surface area contributed by atoms with E-state index in [1.165, 1.54) is 6.92 Å². The number of amides is 1. The lowest BCUT2D eigenvalue weighted by Crippen LogP contribution is -2.05. The summed E-state index contributed by atoms with van der Waals surface area (Å²) in [6.45, 7) is 1.42. The van der Waals surface area contributed by atoms with E-state index >= 15 is 0 Å². The molecule has 0 spiro atoms. The molecule has 0 saturated heterocycles. The highest BCUT2D eigenvalue weighted by atomic mass is 32.1. The van der Waals surface area contributed by atoms with Crippen LogP contribution in [-0.2, 0) is 4.79 Å². The highest BCUT2D eigenvalue weighted by Crippen LogP contribution is 2.31. The van der Waals surface area contributed by atoms with Crippen LogP contribution in [0.15, 0.2) is 24.3 Å². The van der Waals surface area contributed by atoms with E-state index in [2.05, 4.69) is 5.32 Å². The zero-order chi connectivity index (χ0) is 11.7. The Morgan fingerprint density at radius 1 is 1.38 bits per heavy atom. The molecule has 1 amide bonds. The van der Waals surface area contributed by atoms with Crippen LogP contribution in [0.25, 0.3) is 10.1 Å². The average Bonchev–Trinajstić information content (AvgIpc) is 2.61. The predicted molar refractivity (Wildman–Crippen MR) is 63.1 cm³/mol. The van der Waals surface area contributed by atoms with Gasteiger partial charge in [0.25, 0.3) is 0 Å². The second-order valence-corrected chi connectivity index (χ2v) is 4.37. The number of thiophene rings is 1. The average molecular weight is 235 g/mol. The maximum Gasteiger partial charge on any atom is 0.345 e. The number of carbonyl (C=O) groups excluding carboxylic acids is 1. The third kappa shape index (κ3) is 1.90. The summed E-state index contributed by atoms with van der Waals surface area (Å²) < 4.78 is 0.787. The molecule has 4 nitrogen and oxygen atoms in total. The molecule has 0 bridgehead atoms. The lowest BCUT2D eigenvalue weighted by molar-refractivity contribution is -0.114. The normalized spacial score (nSPS) is 10.3. The maximum absolute atomic E-state index is 11.0. The summed E-state index contributed by atoms with van der Waals surface area (Å²) in [7, 11) is 0. The number of aromatic carboxylic acids is 1. The van der Waals surface area contributed by atoms with Gasteiger partial charge in [0, 0.05) is 6.92 Å². The summed E-state index contributed by atoms with van der Waals surface area (Å²) >= 11 is 1.16. The van der Waals surface area contributed by atoms with Crippen molar-refractivity contribution in [1.82, 2.24) is 0 Å². The lowest BCUT2D eigenvalue weighted by Gasteiger charge is -2.02. The van der Waals surface area contributed by atoms with Crippen LogP contribution in [0.2, 0.25) is 0 Å². The Morgan fingerprint density at radius 3 is 2.75 bits per heavy atom. The number of benzene rings is 1. The Balaban J connectivity index is 2.58. The number of fused-ring (bicyclic) bond motifs is 1. The molecule has 1 aromatic heterocycles. The molecule has 16 heavy (non-hydrogen) atoms. The van der Waals surface area contributed by atoms with E-state index in [-0.39, 0.29) is 10.8 Å². The van der Waals surface area contributed by atoms with Crippen molar-refractivity contribution in [2.75, 3.05) is 5.32 Å². The first-order chi connectivity index (χ1) is 7.58. The van der Waals surface area contributed by atoms with E-state index in [0.717, 1.165) is 21.4 Å². The van der Waals surface area contributed by atoms with Gasteiger partial charge in [0.1, 0.15) is 4.88 Å². The van der Waals surface area contributed by atoms with Crippen LogP contribution in [0.5, 0.6) is 0 Å². The maximum atomic E-state index is 11.0. The molecule has 5 heteroatoms. The van der Waals surface area contributed by atoms with Crippen molar-refractivity contribution in [2.24, 2.45) is 0 Å². The first-order valence-corrected chi connectivity index (χ1v) is 5.43. The van der Waals surface area contributed by atoms with Gasteiger partial charge >= 0.3 is 5.97 Å². The topological polar surface area (TPSA) is 66.4 Å². The minimum absolute atomic E-state index is 0.169. The first kappa shape index (κ1) is 10.6. The molecular formula is C11H9NO3S. The van der Waals surface area contributed by atoms with Gasteiger partial charge in [0.05, 0.1) is 10.4 Å². The molecule has 2 N–H and O–H groups in total. The number of hydrogen-bond acceptors (Lipinski definition) is 3. The number of hydrogen-bond donors (Lipinski definition) is 2. The molecule has 82 valence electrons. The highest BCUT2D eigenvalue weighted by molar-refractivity contribution is 7.21. The lowest BCUT2D eigenvalue weighted by atomic mass is 10.2. The van der Waals surface area contributed by atoms with E-state index in [1.807, 2.05) is 6.07 Å². The Kier molecular flexibility index (Phi) is 2.62. The minimum Gasteiger partial charge on any atom is -0.477 e. The molecule has 0 aliphatic heterocycles. The molecule has 0 fully saturated rings. The fraction of sp³-hybridized carbons (Fsp3) is 0.0909. The van der Waals surface area contributed by atoms with Crippen molar-refractivity contribution in [2.45, 2.75) is 6.92 Å². The molecule has 1 heterocycles. The van der Waals surface area contributed by atoms with Crippen LogP contribution >= 0.6 is 11.3 Å². The number of rotatable bonds is 2. The van der Waals surface area contributed by atoms with Gasteiger partial charge in [0.2, 0.25) is 5.91 Å². The van der Waals surface area contributed by atoms with Crippen LogP contribution < -0.4 is 5.32 Å². The van der Waals surface area contributed by atoms with Gasteiger partial charge in [-0.15, -0.1) is 11.3 Å². The van der Waals surface area contributed by atoms with Gasteiger partial charge in [-0.2, -0.15) is 0 Å². The first-order valence-electron chi connectivity index (χ1n) is 4.61. The Labute approximate surface area is 95.5 Å². The van der Waals surface area contributed by atoms with Gasteiger partial charge in [-0.05, 0) is 17.5 Å². The minimum atomic E-state index is -0.949. The summed E-state index contributed by atoms with van der Waals surface area (Å²) in [5.74, 6) is -1.12. The third-order valence-corrected chi connectivity index (χ3v) is 3.24. The van der Waals surface area contributed by atoms with Crippen molar-refractivity contribution in [3.05, 3.63) is 29.1 Å². The Hall–Kier alpha value is -1.88. The molecule has 0 aliphatic rings. The van der Waals surface area contributed by atoms with Crippen molar-refractivity contribution < 1.29 is 14.7 Å². The van der Waals surface area contributed by atoms with Crippen LogP contribution in [-0.4, -0.2) is 17.0 Å². The van der Waals surface area contributed by atoms with Crippen molar-refractivity contribution in [3.8, 4) is 0 Å². The van der Waals surface area contributed by atoms with Gasteiger partial charge in [-0.25, -0.2) is 4.79 Å². The predicted octanol–water partition coefficient (Wildman–Crippen LogP) is 2.56. The number of carbonyl (C=O) groups is 2. The molecular weight excluding hydrogens is 226 g/mol. The van der Waals surface area contributed by atoms with Gasteiger partial charge in [-0.3, -0.25) is 4.79 Å². The summed E-state index contributed by atoms with van der Waals surface area (Å²) in [5, 5.41) is 12.4. The zero-order valence-corrected chi connectivity index (χ0v) is 9.30. The van der Waals surface area contributed by atoms with E-state index in [0.29, 0.717) is 5.69 Å². The summed E-state index contributed by atoms with van der Waals surface area (Å²) in [5.41, 5.74) is 0.655. The molecule has 2 aromatic rings. The Morgan fingerprint density at radius 2 is 2.12 bits per heavy atom. The van der Waals surface area contributed by atoms with Gasteiger partial charge in [0.15, 0.2) is 0 Å². The fourth-order valence-corrected chi connectivity index (χ4v) is 2.42. The quantitative estimate of drug-likeness (QED) is 0.840. The number of nitrogens with one attached hydrogen (secondary N) is 1. The van der Waals surface area contributed by atoms with Gasteiger partial charge in [-0.1, -0.05) is 12.1 Å². The van der Waals surface area contributed by atoms with Gasteiger partial charge < -0.3 is 10.4 Å². The Bertz CT molecular complexity index is 574. The van der Waals surface area contributed by atoms with E-state index in [4.69, 9.17) is 5.11 Å². The zero-order valence-electron chi connectivity index (χ0n) is 8.48. The molecule has 0 atom stereocenters. The standard InChI is InChI=1S/C11H9NO3S/c1-6(13)12-8-4-2-3-7-5-9(11(14)15)16-10(7)8/h2-5H,1H3,(H,12,13)(H,14,15). The monoisotopic (exact) mass is 235 g/mol. The van der Waals surface area contributed by atoms with Crippen molar-refractivity contribution in [1.29, 1.82) is 0 Å². The molecule has 0 aliphatic carbocycles. The molecule has 0 unspecified atom stereocenters. The van der Waals surface area contributed by atoms with E-state index < -0.39 is 5.97 Å². The van der Waals surface area contributed by atoms with Crippen LogP contribution in [0, 0.1) is 0 Å². The summed E-state index contributed by atoms with van der Waals surface area (Å²) in [6.07, 6.45) is 0. The number of carboxylic acid groups (broad SMARTS) is 1. The van der Waals surface area contributed by atoms with Crippen molar-refractivity contribution >= 4 is 39.0 Å². The number of carboxylic acids is 1. The molecule has 1 aromatic carbocycles. The number of anilines is 1. The molecule has 0 radical (unpaired) electrons. The van der Waals surface area contributed by atoms with Crippen LogP contribution in [0.4, 0.5) is 5.69 Å². The van der Waals surface area contributed by atoms with Crippen LogP contribution in [0.3, 0.4) is 0 Å². The largest absolute Gasteiger partial charge is 0.477 e.